The van der Waals surface area contributed by atoms with Gasteiger partial charge in [0.1, 0.15) is 11.2 Å². The van der Waals surface area contributed by atoms with E-state index in [4.69, 9.17) is 9.47 Å². The highest BCUT2D eigenvalue weighted by Crippen LogP contribution is 2.58. The van der Waals surface area contributed by atoms with Crippen LogP contribution in [0.5, 0.6) is 0 Å². The molecule has 6 atom stereocenters. The van der Waals surface area contributed by atoms with Crippen molar-refractivity contribution >= 4 is 11.9 Å². The third kappa shape index (κ3) is 4.83. The van der Waals surface area contributed by atoms with Crippen LogP contribution in [0.1, 0.15) is 93.9 Å². The monoisotopic (exact) mass is 532 g/mol. The van der Waals surface area contributed by atoms with Gasteiger partial charge in [0.15, 0.2) is 0 Å². The fourth-order valence-corrected chi connectivity index (χ4v) is 7.34. The van der Waals surface area contributed by atoms with E-state index in [0.717, 1.165) is 25.7 Å². The zero-order valence-corrected chi connectivity index (χ0v) is 25.3. The molecule has 212 valence electrons. The maximum Gasteiger partial charge on any atom is 0.336 e. The van der Waals surface area contributed by atoms with Gasteiger partial charge in [-0.05, 0) is 67.2 Å². The van der Waals surface area contributed by atoms with Crippen LogP contribution in [-0.4, -0.2) is 23.1 Å². The SMILES string of the molecule is CCC1=CC(CC)(OC(=O)C2=C(C(=O)OC3(CC)C=C(CC)C=CC3CC)C3C=CC2C3(C)C)C(CC)C=C1. The Kier molecular flexibility index (Phi) is 8.36. The van der Waals surface area contributed by atoms with Crippen molar-refractivity contribution in [2.75, 3.05) is 0 Å². The van der Waals surface area contributed by atoms with Crippen molar-refractivity contribution < 1.29 is 19.1 Å². The first-order chi connectivity index (χ1) is 18.6. The molecule has 4 heteroatoms. The van der Waals surface area contributed by atoms with E-state index in [1.54, 1.807) is 0 Å². The summed E-state index contributed by atoms with van der Waals surface area (Å²) in [7, 11) is 0. The molecule has 0 radical (unpaired) electrons. The summed E-state index contributed by atoms with van der Waals surface area (Å²) in [4.78, 5) is 28.4. The predicted octanol–water partition coefficient (Wildman–Crippen LogP) is 8.37. The van der Waals surface area contributed by atoms with E-state index in [9.17, 15) is 9.59 Å². The molecular formula is C35H48O4. The summed E-state index contributed by atoms with van der Waals surface area (Å²) in [5, 5.41) is 0. The summed E-state index contributed by atoms with van der Waals surface area (Å²) in [6, 6.07) is 0. The summed E-state index contributed by atoms with van der Waals surface area (Å²) in [6.07, 6.45) is 22.0. The van der Waals surface area contributed by atoms with Gasteiger partial charge in [-0.3, -0.25) is 0 Å². The van der Waals surface area contributed by atoms with E-state index in [-0.39, 0.29) is 41.0 Å². The van der Waals surface area contributed by atoms with Gasteiger partial charge >= 0.3 is 11.9 Å². The Labute approximate surface area is 236 Å². The molecule has 0 N–H and O–H groups in total. The molecule has 0 saturated carbocycles. The third-order valence-electron chi connectivity index (χ3n) is 10.0. The summed E-state index contributed by atoms with van der Waals surface area (Å²) < 4.78 is 13.0. The lowest BCUT2D eigenvalue weighted by atomic mass is 9.76. The van der Waals surface area contributed by atoms with E-state index < -0.39 is 11.2 Å². The molecule has 0 spiro atoms. The van der Waals surface area contributed by atoms with Crippen molar-refractivity contribution in [1.29, 1.82) is 0 Å². The van der Waals surface area contributed by atoms with Gasteiger partial charge in [-0.25, -0.2) is 9.59 Å². The van der Waals surface area contributed by atoms with Crippen LogP contribution in [0.2, 0.25) is 0 Å². The molecule has 2 bridgehead atoms. The van der Waals surface area contributed by atoms with Crippen LogP contribution in [0.15, 0.2) is 70.9 Å². The number of hydrogen-bond donors (Lipinski definition) is 0. The number of rotatable bonds is 10. The topological polar surface area (TPSA) is 52.6 Å². The molecule has 4 aliphatic carbocycles. The van der Waals surface area contributed by atoms with Crippen LogP contribution in [0.3, 0.4) is 0 Å². The van der Waals surface area contributed by atoms with Crippen LogP contribution >= 0.6 is 0 Å². The summed E-state index contributed by atoms with van der Waals surface area (Å²) in [5.41, 5.74) is 1.62. The fraction of sp³-hybridized carbons (Fsp3) is 0.600. The fourth-order valence-electron chi connectivity index (χ4n) is 7.34. The first-order valence-electron chi connectivity index (χ1n) is 15.2. The van der Waals surface area contributed by atoms with Gasteiger partial charge < -0.3 is 9.47 Å². The zero-order valence-electron chi connectivity index (χ0n) is 25.3. The predicted molar refractivity (Wildman–Crippen MR) is 158 cm³/mol. The third-order valence-corrected chi connectivity index (χ3v) is 10.0. The largest absolute Gasteiger partial charge is 0.451 e. The Morgan fingerprint density at radius 3 is 1.36 bits per heavy atom. The molecule has 4 nitrogen and oxygen atoms in total. The lowest BCUT2D eigenvalue weighted by molar-refractivity contribution is -0.158. The van der Waals surface area contributed by atoms with Gasteiger partial charge in [-0.1, -0.05) is 91.8 Å². The molecule has 0 saturated heterocycles. The Morgan fingerprint density at radius 1 is 0.667 bits per heavy atom. The quantitative estimate of drug-likeness (QED) is 0.209. The smallest absolute Gasteiger partial charge is 0.336 e. The number of carbonyl (C=O) groups excluding carboxylic acids is 2. The second kappa shape index (κ2) is 11.1. The van der Waals surface area contributed by atoms with Crippen LogP contribution in [0, 0.1) is 29.1 Å². The lowest BCUT2D eigenvalue weighted by Gasteiger charge is -2.39. The molecule has 0 heterocycles. The van der Waals surface area contributed by atoms with Crippen LogP contribution in [0.4, 0.5) is 0 Å². The second-order valence-corrected chi connectivity index (χ2v) is 12.3. The summed E-state index contributed by atoms with van der Waals surface area (Å²) in [6.45, 7) is 17.0. The van der Waals surface area contributed by atoms with E-state index in [1.807, 2.05) is 0 Å². The Bertz CT molecular complexity index is 1090. The number of hydrogen-bond acceptors (Lipinski definition) is 4. The average molecular weight is 533 g/mol. The first-order valence-corrected chi connectivity index (χ1v) is 15.2. The number of allylic oxidation sites excluding steroid dienone is 6. The minimum Gasteiger partial charge on any atom is -0.451 e. The van der Waals surface area contributed by atoms with E-state index in [1.165, 1.54) is 11.1 Å². The minimum atomic E-state index is -0.714. The van der Waals surface area contributed by atoms with Crippen molar-refractivity contribution in [3.8, 4) is 0 Å². The molecule has 4 rings (SSSR count). The number of esters is 2. The highest BCUT2D eigenvalue weighted by Gasteiger charge is 2.56. The Morgan fingerprint density at radius 2 is 1.05 bits per heavy atom. The Hall–Kier alpha value is -2.62. The molecule has 0 aromatic carbocycles. The maximum atomic E-state index is 14.2. The lowest BCUT2D eigenvalue weighted by Crippen LogP contribution is -2.43. The van der Waals surface area contributed by atoms with Crippen molar-refractivity contribution in [1.82, 2.24) is 0 Å². The molecule has 0 aromatic rings. The normalized spacial score (nSPS) is 34.3. The number of fused-ring (bicyclic) bond motifs is 2. The van der Waals surface area contributed by atoms with Crippen molar-refractivity contribution in [3.05, 3.63) is 70.9 Å². The molecule has 4 aliphatic rings. The van der Waals surface area contributed by atoms with E-state index in [0.29, 0.717) is 24.0 Å². The maximum absolute atomic E-state index is 14.2. The standard InChI is InChI=1S/C35H48O4/c1-9-23-15-17-25(11-3)34(13-5,21-23)38-31(36)29-27-19-20-28(33(27,7)8)30(29)32(37)39-35(14-6)22-24(10-2)16-18-26(35)12-4/h15-22,25-28H,9-14H2,1-8H3. The molecule has 0 fully saturated rings. The highest BCUT2D eigenvalue weighted by molar-refractivity contribution is 6.04. The zero-order chi connectivity index (χ0) is 28.6. The second-order valence-electron chi connectivity index (χ2n) is 12.3. The first kappa shape index (κ1) is 29.4. The van der Waals surface area contributed by atoms with Crippen LogP contribution < -0.4 is 0 Å². The van der Waals surface area contributed by atoms with Crippen molar-refractivity contribution in [3.63, 3.8) is 0 Å². The average Bonchev–Trinajstić information content (AvgIpc) is 3.36. The van der Waals surface area contributed by atoms with E-state index in [2.05, 4.69) is 104 Å². The van der Waals surface area contributed by atoms with Crippen LogP contribution in [-0.2, 0) is 19.1 Å². The molecular weight excluding hydrogens is 484 g/mol. The minimum absolute atomic E-state index is 0.0974. The van der Waals surface area contributed by atoms with Crippen molar-refractivity contribution in [2.45, 2.75) is 105 Å². The molecule has 0 aromatic heterocycles. The number of carbonyl (C=O) groups is 2. The molecule has 0 aliphatic heterocycles. The summed E-state index contributed by atoms with van der Waals surface area (Å²) in [5.74, 6) is -0.902. The highest BCUT2D eigenvalue weighted by atomic mass is 16.6. The van der Waals surface area contributed by atoms with Crippen LogP contribution in [0.25, 0.3) is 0 Å². The van der Waals surface area contributed by atoms with Gasteiger partial charge in [0.25, 0.3) is 0 Å². The van der Waals surface area contributed by atoms with Crippen molar-refractivity contribution in [2.24, 2.45) is 29.1 Å². The molecule has 39 heavy (non-hydrogen) atoms. The van der Waals surface area contributed by atoms with E-state index >= 15 is 0 Å². The van der Waals surface area contributed by atoms with Gasteiger partial charge in [0, 0.05) is 23.7 Å². The van der Waals surface area contributed by atoms with Gasteiger partial charge in [0.2, 0.25) is 0 Å². The number of ether oxygens (including phenoxy) is 2. The van der Waals surface area contributed by atoms with Gasteiger partial charge in [0.05, 0.1) is 11.1 Å². The molecule has 0 amide bonds. The molecule has 6 unspecified atom stereocenters. The summed E-state index contributed by atoms with van der Waals surface area (Å²) >= 11 is 0. The van der Waals surface area contributed by atoms with Gasteiger partial charge in [-0.15, -0.1) is 0 Å². The van der Waals surface area contributed by atoms with Gasteiger partial charge in [-0.2, -0.15) is 0 Å². The Balaban J connectivity index is 1.74.